The van der Waals surface area contributed by atoms with Crippen molar-refractivity contribution in [1.82, 2.24) is 5.32 Å². The van der Waals surface area contributed by atoms with Crippen LogP contribution in [-0.2, 0) is 9.59 Å². The van der Waals surface area contributed by atoms with E-state index < -0.39 is 5.92 Å². The van der Waals surface area contributed by atoms with E-state index in [-0.39, 0.29) is 11.8 Å². The van der Waals surface area contributed by atoms with Gasteiger partial charge in [0.05, 0.1) is 0 Å². The number of hydrogen-bond donors (Lipinski definition) is 1. The molecule has 2 aliphatic rings. The van der Waals surface area contributed by atoms with E-state index in [0.717, 1.165) is 12.2 Å². The van der Waals surface area contributed by atoms with Crippen molar-refractivity contribution in [2.45, 2.75) is 38.5 Å². The summed E-state index contributed by atoms with van der Waals surface area (Å²) >= 11 is 0. The quantitative estimate of drug-likeness (QED) is 0.869. The lowest BCUT2D eigenvalue weighted by Crippen LogP contribution is -2.39. The molecule has 22 heavy (non-hydrogen) atoms. The number of benzene rings is 1. The maximum absolute atomic E-state index is 12.5. The molecule has 2 fully saturated rings. The molecule has 0 bridgehead atoms. The topological polar surface area (TPSA) is 49.4 Å². The lowest BCUT2D eigenvalue weighted by atomic mass is 9.89. The highest BCUT2D eigenvalue weighted by Crippen LogP contribution is 2.26. The Bertz CT molecular complexity index is 523. The fourth-order valence-corrected chi connectivity index (χ4v) is 3.55. The predicted octanol–water partition coefficient (Wildman–Crippen LogP) is 2.74. The molecular weight excluding hydrogens is 276 g/mol. The number of hydrogen-bond acceptors (Lipinski definition) is 2. The largest absolute Gasteiger partial charge is 0.355 e. The summed E-state index contributed by atoms with van der Waals surface area (Å²) in [6.07, 6.45) is 6.88. The zero-order valence-electron chi connectivity index (χ0n) is 13.0. The Balaban J connectivity index is 1.54. The molecule has 4 nitrogen and oxygen atoms in total. The molecule has 1 aromatic carbocycles. The van der Waals surface area contributed by atoms with Crippen LogP contribution < -0.4 is 10.2 Å². The minimum Gasteiger partial charge on any atom is -0.355 e. The number of rotatable bonds is 4. The van der Waals surface area contributed by atoms with Crippen LogP contribution in [0.3, 0.4) is 0 Å². The molecule has 1 aromatic rings. The SMILES string of the molecule is O=C(NCC1CCCCC1)[C@H]1CCN(c2ccccc2)C1=O. The van der Waals surface area contributed by atoms with Crippen molar-refractivity contribution >= 4 is 17.5 Å². The fraction of sp³-hybridized carbons (Fsp3) is 0.556. The van der Waals surface area contributed by atoms with Crippen LogP contribution in [0.1, 0.15) is 38.5 Å². The minimum atomic E-state index is -0.510. The van der Waals surface area contributed by atoms with Gasteiger partial charge in [-0.2, -0.15) is 0 Å². The van der Waals surface area contributed by atoms with E-state index in [1.807, 2.05) is 30.3 Å². The van der Waals surface area contributed by atoms with Gasteiger partial charge in [0.15, 0.2) is 0 Å². The van der Waals surface area contributed by atoms with Gasteiger partial charge < -0.3 is 10.2 Å². The van der Waals surface area contributed by atoms with Crippen LogP contribution in [0, 0.1) is 11.8 Å². The third kappa shape index (κ3) is 3.32. The second kappa shape index (κ2) is 6.95. The van der Waals surface area contributed by atoms with Crippen LogP contribution in [0.25, 0.3) is 0 Å². The van der Waals surface area contributed by atoms with Crippen molar-refractivity contribution in [2.24, 2.45) is 11.8 Å². The summed E-state index contributed by atoms with van der Waals surface area (Å²) in [6, 6.07) is 9.59. The average Bonchev–Trinajstić information content (AvgIpc) is 2.96. The van der Waals surface area contributed by atoms with Gasteiger partial charge in [-0.25, -0.2) is 0 Å². The second-order valence-electron chi connectivity index (χ2n) is 6.42. The van der Waals surface area contributed by atoms with Gasteiger partial charge in [0.2, 0.25) is 11.8 Å². The summed E-state index contributed by atoms with van der Waals surface area (Å²) in [5.41, 5.74) is 0.884. The monoisotopic (exact) mass is 300 g/mol. The van der Waals surface area contributed by atoms with Crippen LogP contribution in [0.15, 0.2) is 30.3 Å². The molecule has 1 aliphatic heterocycles. The van der Waals surface area contributed by atoms with Crippen LogP contribution in [0.5, 0.6) is 0 Å². The Labute approximate surface area is 131 Å². The van der Waals surface area contributed by atoms with E-state index in [0.29, 0.717) is 18.9 Å². The third-order valence-corrected chi connectivity index (χ3v) is 4.88. The first kappa shape index (κ1) is 15.1. The predicted molar refractivity (Wildman–Crippen MR) is 86.5 cm³/mol. The molecule has 3 rings (SSSR count). The van der Waals surface area contributed by atoms with Crippen molar-refractivity contribution in [2.75, 3.05) is 18.0 Å². The molecule has 118 valence electrons. The normalized spacial score (nSPS) is 22.8. The Morgan fingerprint density at radius 3 is 2.55 bits per heavy atom. The summed E-state index contributed by atoms with van der Waals surface area (Å²) in [6.45, 7) is 1.36. The molecule has 1 saturated heterocycles. The van der Waals surface area contributed by atoms with Crippen LogP contribution >= 0.6 is 0 Å². The molecule has 0 aromatic heterocycles. The number of carbonyl (C=O) groups excluding carboxylic acids is 2. The number of nitrogens with one attached hydrogen (secondary N) is 1. The number of carbonyl (C=O) groups is 2. The molecule has 2 amide bonds. The first-order chi connectivity index (χ1) is 10.8. The van der Waals surface area contributed by atoms with Crippen molar-refractivity contribution in [3.8, 4) is 0 Å². The molecule has 0 unspecified atom stereocenters. The van der Waals surface area contributed by atoms with Gasteiger partial charge in [0, 0.05) is 18.8 Å². The van der Waals surface area contributed by atoms with Crippen molar-refractivity contribution in [3.63, 3.8) is 0 Å². The Morgan fingerprint density at radius 1 is 1.09 bits per heavy atom. The fourth-order valence-electron chi connectivity index (χ4n) is 3.55. The van der Waals surface area contributed by atoms with Gasteiger partial charge in [-0.3, -0.25) is 9.59 Å². The van der Waals surface area contributed by atoms with Crippen LogP contribution in [0.2, 0.25) is 0 Å². The summed E-state index contributed by atoms with van der Waals surface area (Å²) in [7, 11) is 0. The molecular formula is C18H24N2O2. The number of para-hydroxylation sites is 1. The molecule has 4 heteroatoms. The maximum Gasteiger partial charge on any atom is 0.239 e. The summed E-state index contributed by atoms with van der Waals surface area (Å²) < 4.78 is 0. The summed E-state index contributed by atoms with van der Waals surface area (Å²) in [5.74, 6) is -0.0652. The van der Waals surface area contributed by atoms with Gasteiger partial charge in [0.1, 0.15) is 5.92 Å². The first-order valence-corrected chi connectivity index (χ1v) is 8.40. The Hall–Kier alpha value is -1.84. The molecule has 1 atom stereocenters. The smallest absolute Gasteiger partial charge is 0.239 e. The van der Waals surface area contributed by atoms with E-state index in [1.165, 1.54) is 32.1 Å². The van der Waals surface area contributed by atoms with Gasteiger partial charge in [0.25, 0.3) is 0 Å². The molecule has 1 saturated carbocycles. The highest BCUT2D eigenvalue weighted by atomic mass is 16.2. The van der Waals surface area contributed by atoms with Gasteiger partial charge >= 0.3 is 0 Å². The number of anilines is 1. The van der Waals surface area contributed by atoms with E-state index in [4.69, 9.17) is 0 Å². The lowest BCUT2D eigenvalue weighted by molar-refractivity contribution is -0.132. The molecule has 1 heterocycles. The summed E-state index contributed by atoms with van der Waals surface area (Å²) in [4.78, 5) is 26.5. The van der Waals surface area contributed by atoms with Gasteiger partial charge in [-0.1, -0.05) is 37.5 Å². The Kier molecular flexibility index (Phi) is 4.76. The van der Waals surface area contributed by atoms with E-state index in [1.54, 1.807) is 4.90 Å². The zero-order chi connectivity index (χ0) is 15.4. The van der Waals surface area contributed by atoms with Gasteiger partial charge in [-0.05, 0) is 37.3 Å². The lowest BCUT2D eigenvalue weighted by Gasteiger charge is -2.22. The van der Waals surface area contributed by atoms with Crippen LogP contribution in [0.4, 0.5) is 5.69 Å². The van der Waals surface area contributed by atoms with E-state index >= 15 is 0 Å². The van der Waals surface area contributed by atoms with Crippen molar-refractivity contribution in [1.29, 1.82) is 0 Å². The maximum atomic E-state index is 12.5. The van der Waals surface area contributed by atoms with E-state index in [9.17, 15) is 9.59 Å². The third-order valence-electron chi connectivity index (χ3n) is 4.88. The highest BCUT2D eigenvalue weighted by Gasteiger charge is 2.37. The van der Waals surface area contributed by atoms with E-state index in [2.05, 4.69) is 5.32 Å². The molecule has 1 N–H and O–H groups in total. The average molecular weight is 300 g/mol. The highest BCUT2D eigenvalue weighted by molar-refractivity contribution is 6.09. The van der Waals surface area contributed by atoms with Gasteiger partial charge in [-0.15, -0.1) is 0 Å². The van der Waals surface area contributed by atoms with Crippen molar-refractivity contribution < 1.29 is 9.59 Å². The first-order valence-electron chi connectivity index (χ1n) is 8.40. The number of amides is 2. The zero-order valence-corrected chi connectivity index (χ0v) is 13.0. The second-order valence-corrected chi connectivity index (χ2v) is 6.42. The summed E-state index contributed by atoms with van der Waals surface area (Å²) in [5, 5.41) is 3.01. The van der Waals surface area contributed by atoms with Crippen molar-refractivity contribution in [3.05, 3.63) is 30.3 Å². The minimum absolute atomic E-state index is 0.0626. The molecule has 0 radical (unpaired) electrons. The molecule has 0 spiro atoms. The number of nitrogens with zero attached hydrogens (tertiary/aromatic N) is 1. The molecule has 1 aliphatic carbocycles. The standard InChI is InChI=1S/C18H24N2O2/c21-17(19-13-14-7-3-1-4-8-14)16-11-12-20(18(16)22)15-9-5-2-6-10-15/h2,5-6,9-10,14,16H,1,3-4,7-8,11-13H2,(H,19,21)/t16-/m1/s1. The van der Waals surface area contributed by atoms with Crippen LogP contribution in [-0.4, -0.2) is 24.9 Å². The Morgan fingerprint density at radius 2 is 1.82 bits per heavy atom.